The standard InChI is InChI=1S/C14H19NO3/c1-3-17-10(2)18-13-12(15-14(13)16)9-11-7-5-4-6-8-11/h4-8,10,12-13H,3,9H2,1-2H3,(H,15,16)/t10?,12-,13+/m0/s1. The lowest BCUT2D eigenvalue weighted by molar-refractivity contribution is -0.191. The van der Waals surface area contributed by atoms with Crippen molar-refractivity contribution in [1.29, 1.82) is 0 Å². The molecular formula is C14H19NO3. The summed E-state index contributed by atoms with van der Waals surface area (Å²) in [4.78, 5) is 11.5. The Hall–Kier alpha value is -1.39. The maximum atomic E-state index is 11.5. The van der Waals surface area contributed by atoms with Gasteiger partial charge in [-0.3, -0.25) is 4.79 Å². The Morgan fingerprint density at radius 1 is 1.33 bits per heavy atom. The molecule has 98 valence electrons. The highest BCUT2D eigenvalue weighted by atomic mass is 16.7. The molecule has 4 heteroatoms. The first kappa shape index (κ1) is 13.1. The molecule has 0 aliphatic carbocycles. The first-order valence-corrected chi connectivity index (χ1v) is 6.32. The maximum absolute atomic E-state index is 11.5. The molecule has 1 aliphatic rings. The molecule has 0 saturated carbocycles. The van der Waals surface area contributed by atoms with E-state index in [-0.39, 0.29) is 18.2 Å². The summed E-state index contributed by atoms with van der Waals surface area (Å²) in [5, 5.41) is 2.87. The van der Waals surface area contributed by atoms with Crippen molar-refractivity contribution in [3.05, 3.63) is 35.9 Å². The number of β-lactam (4-membered cyclic amide) rings is 1. The highest BCUT2D eigenvalue weighted by Crippen LogP contribution is 2.18. The van der Waals surface area contributed by atoms with Gasteiger partial charge in [0.05, 0.1) is 6.04 Å². The Morgan fingerprint density at radius 2 is 2.06 bits per heavy atom. The minimum atomic E-state index is -0.397. The van der Waals surface area contributed by atoms with Crippen molar-refractivity contribution in [3.63, 3.8) is 0 Å². The molecular weight excluding hydrogens is 230 g/mol. The highest BCUT2D eigenvalue weighted by molar-refractivity contribution is 5.88. The minimum absolute atomic E-state index is 0.0443. The van der Waals surface area contributed by atoms with Crippen LogP contribution in [0.4, 0.5) is 0 Å². The van der Waals surface area contributed by atoms with Gasteiger partial charge in [0.2, 0.25) is 0 Å². The average Bonchev–Trinajstić information content (AvgIpc) is 2.37. The zero-order chi connectivity index (χ0) is 13.0. The van der Waals surface area contributed by atoms with Gasteiger partial charge in [0, 0.05) is 6.61 Å². The number of rotatable bonds is 6. The van der Waals surface area contributed by atoms with Crippen molar-refractivity contribution >= 4 is 5.91 Å². The molecule has 1 heterocycles. The van der Waals surface area contributed by atoms with E-state index in [9.17, 15) is 4.79 Å². The number of hydrogen-bond acceptors (Lipinski definition) is 3. The van der Waals surface area contributed by atoms with Crippen LogP contribution in [0.5, 0.6) is 0 Å². The maximum Gasteiger partial charge on any atom is 0.251 e. The molecule has 1 saturated heterocycles. The van der Waals surface area contributed by atoms with E-state index >= 15 is 0 Å². The van der Waals surface area contributed by atoms with Crippen LogP contribution in [0, 0.1) is 0 Å². The van der Waals surface area contributed by atoms with E-state index < -0.39 is 6.10 Å². The fourth-order valence-corrected chi connectivity index (χ4v) is 2.09. The predicted molar refractivity (Wildman–Crippen MR) is 68.0 cm³/mol. The Labute approximate surface area is 107 Å². The summed E-state index contributed by atoms with van der Waals surface area (Å²) in [7, 11) is 0. The molecule has 1 unspecified atom stereocenters. The molecule has 0 bridgehead atoms. The van der Waals surface area contributed by atoms with Gasteiger partial charge < -0.3 is 14.8 Å². The Kier molecular flexibility index (Phi) is 4.33. The van der Waals surface area contributed by atoms with Gasteiger partial charge in [0.25, 0.3) is 5.91 Å². The van der Waals surface area contributed by atoms with E-state index in [1.165, 1.54) is 5.56 Å². The lowest BCUT2D eigenvalue weighted by Crippen LogP contribution is -2.65. The third kappa shape index (κ3) is 3.09. The van der Waals surface area contributed by atoms with Crippen molar-refractivity contribution in [1.82, 2.24) is 5.32 Å². The van der Waals surface area contributed by atoms with Crippen LogP contribution in [0.2, 0.25) is 0 Å². The molecule has 0 aromatic heterocycles. The van der Waals surface area contributed by atoms with Crippen LogP contribution >= 0.6 is 0 Å². The fraction of sp³-hybridized carbons (Fsp3) is 0.500. The van der Waals surface area contributed by atoms with Gasteiger partial charge in [-0.15, -0.1) is 0 Å². The van der Waals surface area contributed by atoms with Gasteiger partial charge in [0.15, 0.2) is 12.4 Å². The number of carbonyl (C=O) groups is 1. The van der Waals surface area contributed by atoms with Crippen LogP contribution in [-0.2, 0) is 20.7 Å². The number of ether oxygens (including phenoxy) is 2. The summed E-state index contributed by atoms with van der Waals surface area (Å²) in [5.74, 6) is -0.0533. The smallest absolute Gasteiger partial charge is 0.251 e. The molecule has 2 rings (SSSR count). The number of hydrogen-bond donors (Lipinski definition) is 1. The molecule has 1 amide bonds. The second-order valence-corrected chi connectivity index (χ2v) is 4.38. The number of carbonyl (C=O) groups excluding carboxylic acids is 1. The molecule has 1 aromatic carbocycles. The topological polar surface area (TPSA) is 47.6 Å². The summed E-state index contributed by atoms with van der Waals surface area (Å²) < 4.78 is 10.9. The Morgan fingerprint density at radius 3 is 2.67 bits per heavy atom. The molecule has 1 N–H and O–H groups in total. The Balaban J connectivity index is 1.88. The van der Waals surface area contributed by atoms with Crippen LogP contribution in [-0.4, -0.2) is 30.9 Å². The van der Waals surface area contributed by atoms with Crippen molar-refractivity contribution in [2.75, 3.05) is 6.61 Å². The summed E-state index contributed by atoms with van der Waals surface area (Å²) in [6, 6.07) is 10.1. The second kappa shape index (κ2) is 5.98. The van der Waals surface area contributed by atoms with Gasteiger partial charge >= 0.3 is 0 Å². The van der Waals surface area contributed by atoms with E-state index in [2.05, 4.69) is 5.32 Å². The zero-order valence-corrected chi connectivity index (χ0v) is 10.8. The van der Waals surface area contributed by atoms with Crippen LogP contribution in [0.3, 0.4) is 0 Å². The van der Waals surface area contributed by atoms with Gasteiger partial charge in [0.1, 0.15) is 0 Å². The number of amides is 1. The summed E-state index contributed by atoms with van der Waals surface area (Å²) in [6.07, 6.45) is 0.0480. The van der Waals surface area contributed by atoms with Gasteiger partial charge in [-0.2, -0.15) is 0 Å². The van der Waals surface area contributed by atoms with E-state index in [4.69, 9.17) is 9.47 Å². The monoisotopic (exact) mass is 249 g/mol. The SMILES string of the molecule is CCOC(C)O[C@H]1C(=O)N[C@H]1Cc1ccccc1. The second-order valence-electron chi connectivity index (χ2n) is 4.38. The zero-order valence-electron chi connectivity index (χ0n) is 10.8. The third-order valence-corrected chi connectivity index (χ3v) is 2.99. The van der Waals surface area contributed by atoms with Crippen molar-refractivity contribution in [2.45, 2.75) is 38.7 Å². The number of nitrogens with one attached hydrogen (secondary N) is 1. The molecule has 3 atom stereocenters. The van der Waals surface area contributed by atoms with E-state index in [1.54, 1.807) is 0 Å². The van der Waals surface area contributed by atoms with Gasteiger partial charge in [-0.1, -0.05) is 30.3 Å². The fourth-order valence-electron chi connectivity index (χ4n) is 2.09. The summed E-state index contributed by atoms with van der Waals surface area (Å²) in [6.45, 7) is 4.30. The van der Waals surface area contributed by atoms with Gasteiger partial charge in [-0.25, -0.2) is 0 Å². The quantitative estimate of drug-likeness (QED) is 0.614. The van der Waals surface area contributed by atoms with Crippen LogP contribution in [0.1, 0.15) is 19.4 Å². The first-order chi connectivity index (χ1) is 8.70. The predicted octanol–water partition coefficient (Wildman–Crippen LogP) is 1.50. The number of benzene rings is 1. The van der Waals surface area contributed by atoms with E-state index in [0.717, 1.165) is 6.42 Å². The summed E-state index contributed by atoms with van der Waals surface area (Å²) >= 11 is 0. The van der Waals surface area contributed by atoms with Gasteiger partial charge in [-0.05, 0) is 25.8 Å². The molecule has 1 fully saturated rings. The lowest BCUT2D eigenvalue weighted by atomic mass is 9.94. The Bertz CT molecular complexity index is 393. The first-order valence-electron chi connectivity index (χ1n) is 6.32. The van der Waals surface area contributed by atoms with Crippen molar-refractivity contribution in [2.24, 2.45) is 0 Å². The molecule has 0 radical (unpaired) electrons. The van der Waals surface area contributed by atoms with Crippen molar-refractivity contribution in [3.8, 4) is 0 Å². The molecule has 4 nitrogen and oxygen atoms in total. The van der Waals surface area contributed by atoms with E-state index in [1.807, 2.05) is 44.2 Å². The minimum Gasteiger partial charge on any atom is -0.353 e. The normalized spacial score (nSPS) is 24.2. The molecule has 1 aromatic rings. The summed E-state index contributed by atoms with van der Waals surface area (Å²) in [5.41, 5.74) is 1.19. The van der Waals surface area contributed by atoms with Crippen LogP contribution in [0.25, 0.3) is 0 Å². The molecule has 0 spiro atoms. The third-order valence-electron chi connectivity index (χ3n) is 2.99. The largest absolute Gasteiger partial charge is 0.353 e. The molecule has 18 heavy (non-hydrogen) atoms. The van der Waals surface area contributed by atoms with Crippen molar-refractivity contribution < 1.29 is 14.3 Å². The average molecular weight is 249 g/mol. The highest BCUT2D eigenvalue weighted by Gasteiger charge is 2.41. The van der Waals surface area contributed by atoms with E-state index in [0.29, 0.717) is 6.61 Å². The van der Waals surface area contributed by atoms with Crippen LogP contribution in [0.15, 0.2) is 30.3 Å². The lowest BCUT2D eigenvalue weighted by Gasteiger charge is -2.37. The van der Waals surface area contributed by atoms with Crippen LogP contribution < -0.4 is 5.32 Å². The molecule has 1 aliphatic heterocycles.